The lowest BCUT2D eigenvalue weighted by Crippen LogP contribution is -2.27. The van der Waals surface area contributed by atoms with Gasteiger partial charge in [0.2, 0.25) is 5.91 Å². The van der Waals surface area contributed by atoms with E-state index in [0.717, 1.165) is 4.90 Å². The lowest BCUT2D eigenvalue weighted by molar-refractivity contribution is -0.117. The summed E-state index contributed by atoms with van der Waals surface area (Å²) in [5, 5.41) is 0. The summed E-state index contributed by atoms with van der Waals surface area (Å²) in [7, 11) is 3.61. The van der Waals surface area contributed by atoms with Crippen LogP contribution in [0.5, 0.6) is 11.5 Å². The number of methoxy groups -OCH3 is 2. The number of anilines is 1. The third kappa shape index (κ3) is 4.58. The summed E-state index contributed by atoms with van der Waals surface area (Å²) in [6, 6.07) is 14.4. The van der Waals surface area contributed by atoms with Crippen LogP contribution in [0.15, 0.2) is 53.4 Å². The summed E-state index contributed by atoms with van der Waals surface area (Å²) in [5.74, 6) is 1.39. The highest BCUT2D eigenvalue weighted by molar-refractivity contribution is 7.85. The van der Waals surface area contributed by atoms with Gasteiger partial charge in [-0.25, -0.2) is 0 Å². The van der Waals surface area contributed by atoms with Gasteiger partial charge < -0.3 is 14.4 Å². The van der Waals surface area contributed by atoms with Gasteiger partial charge in [-0.2, -0.15) is 0 Å². The molecule has 0 aliphatic carbocycles. The van der Waals surface area contributed by atoms with Crippen LogP contribution in [0.3, 0.4) is 0 Å². The van der Waals surface area contributed by atoms with Crippen LogP contribution in [0, 0.1) is 0 Å². The SMILES string of the molecule is COc1cc(OC)cc(N(C)C(=O)CCS(=O)c2ccccc2)c1. The van der Waals surface area contributed by atoms with Crippen LogP contribution in [-0.4, -0.2) is 37.1 Å². The van der Waals surface area contributed by atoms with Gasteiger partial charge in [-0.15, -0.1) is 0 Å². The number of carbonyl (C=O) groups is 1. The minimum atomic E-state index is -1.19. The summed E-state index contributed by atoms with van der Waals surface area (Å²) in [6.45, 7) is 0. The first-order chi connectivity index (χ1) is 11.5. The molecule has 0 heterocycles. The molecule has 0 fully saturated rings. The van der Waals surface area contributed by atoms with E-state index >= 15 is 0 Å². The van der Waals surface area contributed by atoms with Crippen molar-refractivity contribution in [1.82, 2.24) is 0 Å². The van der Waals surface area contributed by atoms with E-state index in [1.54, 1.807) is 51.6 Å². The van der Waals surface area contributed by atoms with Crippen LogP contribution in [-0.2, 0) is 15.6 Å². The molecular formula is C18H21NO4S. The average Bonchev–Trinajstić information content (AvgIpc) is 2.65. The zero-order valence-corrected chi connectivity index (χ0v) is 14.8. The van der Waals surface area contributed by atoms with Gasteiger partial charge in [-0.3, -0.25) is 9.00 Å². The molecule has 2 rings (SSSR count). The predicted molar refractivity (Wildman–Crippen MR) is 95.3 cm³/mol. The fraction of sp³-hybridized carbons (Fsp3) is 0.278. The maximum Gasteiger partial charge on any atom is 0.227 e. The minimum Gasteiger partial charge on any atom is -0.497 e. The smallest absolute Gasteiger partial charge is 0.227 e. The molecule has 2 aromatic carbocycles. The van der Waals surface area contributed by atoms with Crippen molar-refractivity contribution in [3.63, 3.8) is 0 Å². The van der Waals surface area contributed by atoms with Crippen molar-refractivity contribution in [2.75, 3.05) is 31.9 Å². The van der Waals surface area contributed by atoms with E-state index in [4.69, 9.17) is 9.47 Å². The molecule has 0 saturated heterocycles. The van der Waals surface area contributed by atoms with Crippen molar-refractivity contribution in [3.05, 3.63) is 48.5 Å². The Kier molecular flexibility index (Phi) is 6.37. The Morgan fingerprint density at radius 3 is 2.17 bits per heavy atom. The first-order valence-electron chi connectivity index (χ1n) is 7.48. The summed E-state index contributed by atoms with van der Waals surface area (Å²) in [6.07, 6.45) is 0.192. The second-order valence-electron chi connectivity index (χ2n) is 5.14. The van der Waals surface area contributed by atoms with E-state index in [1.807, 2.05) is 18.2 Å². The van der Waals surface area contributed by atoms with E-state index < -0.39 is 10.8 Å². The molecule has 6 heteroatoms. The van der Waals surface area contributed by atoms with Crippen LogP contribution >= 0.6 is 0 Å². The van der Waals surface area contributed by atoms with Gasteiger partial charge in [0.15, 0.2) is 0 Å². The quantitative estimate of drug-likeness (QED) is 0.773. The molecule has 1 unspecified atom stereocenters. The molecule has 0 spiro atoms. The summed E-state index contributed by atoms with van der Waals surface area (Å²) >= 11 is 0. The van der Waals surface area contributed by atoms with Gasteiger partial charge in [0, 0.05) is 42.3 Å². The molecule has 128 valence electrons. The highest BCUT2D eigenvalue weighted by atomic mass is 32.2. The number of rotatable bonds is 7. The molecular weight excluding hydrogens is 326 g/mol. The van der Waals surface area contributed by atoms with E-state index in [2.05, 4.69) is 0 Å². The fourth-order valence-corrected chi connectivity index (χ4v) is 3.22. The Labute approximate surface area is 144 Å². The third-order valence-electron chi connectivity index (χ3n) is 3.61. The number of nitrogens with zero attached hydrogens (tertiary/aromatic N) is 1. The van der Waals surface area contributed by atoms with Crippen LogP contribution in [0.2, 0.25) is 0 Å². The molecule has 1 amide bonds. The molecule has 24 heavy (non-hydrogen) atoms. The van der Waals surface area contributed by atoms with Crippen molar-refractivity contribution >= 4 is 22.4 Å². The Hall–Kier alpha value is -2.34. The van der Waals surface area contributed by atoms with Gasteiger partial charge in [-0.1, -0.05) is 18.2 Å². The zero-order valence-electron chi connectivity index (χ0n) is 14.0. The fourth-order valence-electron chi connectivity index (χ4n) is 2.17. The molecule has 1 atom stereocenters. The van der Waals surface area contributed by atoms with Gasteiger partial charge in [-0.05, 0) is 12.1 Å². The normalized spacial score (nSPS) is 11.6. The van der Waals surface area contributed by atoms with E-state index in [1.165, 1.54) is 4.90 Å². The number of hydrogen-bond acceptors (Lipinski definition) is 4. The zero-order chi connectivity index (χ0) is 17.5. The second kappa shape index (κ2) is 8.49. The average molecular weight is 347 g/mol. The summed E-state index contributed by atoms with van der Waals surface area (Å²) in [5.41, 5.74) is 0.668. The maximum absolute atomic E-state index is 12.4. The molecule has 0 radical (unpaired) electrons. The van der Waals surface area contributed by atoms with E-state index in [0.29, 0.717) is 17.2 Å². The van der Waals surface area contributed by atoms with Crippen molar-refractivity contribution in [3.8, 4) is 11.5 Å². The number of carbonyl (C=O) groups excluding carboxylic acids is 1. The van der Waals surface area contributed by atoms with Crippen molar-refractivity contribution in [2.45, 2.75) is 11.3 Å². The molecule has 0 bridgehead atoms. The van der Waals surface area contributed by atoms with Gasteiger partial charge in [0.05, 0.1) is 30.7 Å². The van der Waals surface area contributed by atoms with Crippen LogP contribution in [0.1, 0.15) is 6.42 Å². The number of hydrogen-bond donors (Lipinski definition) is 0. The number of ether oxygens (including phenoxy) is 2. The Balaban J connectivity index is 2.03. The maximum atomic E-state index is 12.4. The van der Waals surface area contributed by atoms with E-state index in [9.17, 15) is 9.00 Å². The molecule has 0 N–H and O–H groups in total. The van der Waals surface area contributed by atoms with Gasteiger partial charge >= 0.3 is 0 Å². The molecule has 0 aromatic heterocycles. The van der Waals surface area contributed by atoms with Crippen molar-refractivity contribution in [2.24, 2.45) is 0 Å². The molecule has 0 saturated carbocycles. The van der Waals surface area contributed by atoms with Crippen LogP contribution < -0.4 is 14.4 Å². The summed E-state index contributed by atoms with van der Waals surface area (Å²) in [4.78, 5) is 14.6. The highest BCUT2D eigenvalue weighted by Gasteiger charge is 2.15. The molecule has 5 nitrogen and oxygen atoms in total. The van der Waals surface area contributed by atoms with Crippen LogP contribution in [0.4, 0.5) is 5.69 Å². The largest absolute Gasteiger partial charge is 0.497 e. The molecule has 0 aliphatic heterocycles. The molecule has 0 aliphatic rings. The van der Waals surface area contributed by atoms with E-state index in [-0.39, 0.29) is 18.1 Å². The number of amides is 1. The van der Waals surface area contributed by atoms with Crippen molar-refractivity contribution in [1.29, 1.82) is 0 Å². The molecule has 2 aromatic rings. The van der Waals surface area contributed by atoms with Crippen LogP contribution in [0.25, 0.3) is 0 Å². The Bertz CT molecular complexity index is 696. The minimum absolute atomic E-state index is 0.116. The lowest BCUT2D eigenvalue weighted by atomic mass is 10.2. The van der Waals surface area contributed by atoms with Gasteiger partial charge in [0.25, 0.3) is 0 Å². The Morgan fingerprint density at radius 1 is 1.04 bits per heavy atom. The van der Waals surface area contributed by atoms with Gasteiger partial charge in [0.1, 0.15) is 11.5 Å². The highest BCUT2D eigenvalue weighted by Crippen LogP contribution is 2.28. The predicted octanol–water partition coefficient (Wildman–Crippen LogP) is 2.86. The Morgan fingerprint density at radius 2 is 1.62 bits per heavy atom. The summed E-state index contributed by atoms with van der Waals surface area (Å²) < 4.78 is 22.6. The first-order valence-corrected chi connectivity index (χ1v) is 8.80. The third-order valence-corrected chi connectivity index (χ3v) is 4.98. The monoisotopic (exact) mass is 347 g/mol. The number of benzene rings is 2. The topological polar surface area (TPSA) is 55.8 Å². The lowest BCUT2D eigenvalue weighted by Gasteiger charge is -2.19. The second-order valence-corrected chi connectivity index (χ2v) is 6.71. The standard InChI is InChI=1S/C18H21NO4S/c1-19(14-11-15(22-2)13-16(12-14)23-3)18(20)9-10-24(21)17-7-5-4-6-8-17/h4-8,11-13H,9-10H2,1-3H3. The van der Waals surface area contributed by atoms with Crippen molar-refractivity contribution < 1.29 is 18.5 Å². The first kappa shape index (κ1) is 18.0.